The Balaban J connectivity index is 1.70. The highest BCUT2D eigenvalue weighted by Crippen LogP contribution is 2.63. The molecule has 48 heavy (non-hydrogen) atoms. The Morgan fingerprint density at radius 2 is 1.75 bits per heavy atom. The van der Waals surface area contributed by atoms with Crippen LogP contribution in [0.2, 0.25) is 0 Å². The van der Waals surface area contributed by atoms with Gasteiger partial charge in [-0.25, -0.2) is 4.79 Å². The van der Waals surface area contributed by atoms with Crippen LogP contribution in [0.3, 0.4) is 0 Å². The van der Waals surface area contributed by atoms with Crippen LogP contribution in [0, 0.1) is 17.3 Å². The lowest BCUT2D eigenvalue weighted by Gasteiger charge is -2.62. The number of phenols is 1. The number of hydrogen-bond acceptors (Lipinski definition) is 10. The first kappa shape index (κ1) is 36.1. The van der Waals surface area contributed by atoms with E-state index in [1.807, 2.05) is 19.9 Å². The summed E-state index contributed by atoms with van der Waals surface area (Å²) in [5, 5.41) is 34.0. The summed E-state index contributed by atoms with van der Waals surface area (Å²) in [5.41, 5.74) is -2.10. The summed E-state index contributed by atoms with van der Waals surface area (Å²) in [6, 6.07) is 1.51. The molecule has 0 unspecified atom stereocenters. The van der Waals surface area contributed by atoms with Crippen molar-refractivity contribution >= 4 is 17.9 Å². The van der Waals surface area contributed by atoms with E-state index in [9.17, 15) is 29.7 Å². The number of fused-ring (bicyclic) bond motifs is 3. The Morgan fingerprint density at radius 1 is 1.04 bits per heavy atom. The molecule has 11 heteroatoms. The maximum Gasteiger partial charge on any atom is 0.343 e. The summed E-state index contributed by atoms with van der Waals surface area (Å²) in [7, 11) is 1.56. The molecule has 1 aromatic rings. The van der Waals surface area contributed by atoms with Crippen LogP contribution in [-0.2, 0) is 35.0 Å². The number of rotatable bonds is 11. The molecule has 2 aliphatic heterocycles. The Labute approximate surface area is 282 Å². The Kier molecular flexibility index (Phi) is 10.3. The molecule has 0 aromatic heterocycles. The molecule has 0 radical (unpaired) electrons. The van der Waals surface area contributed by atoms with E-state index in [2.05, 4.69) is 6.92 Å². The van der Waals surface area contributed by atoms with Gasteiger partial charge in [-0.2, -0.15) is 0 Å². The molecule has 1 fully saturated rings. The van der Waals surface area contributed by atoms with E-state index >= 15 is 0 Å². The topological polar surface area (TPSA) is 158 Å². The zero-order chi connectivity index (χ0) is 35.2. The Bertz CT molecular complexity index is 1450. The number of ether oxygens (including phenoxy) is 5. The summed E-state index contributed by atoms with van der Waals surface area (Å²) >= 11 is 0. The zero-order valence-electron chi connectivity index (χ0n) is 29.3. The van der Waals surface area contributed by atoms with Gasteiger partial charge in [0.05, 0.1) is 24.2 Å². The van der Waals surface area contributed by atoms with E-state index in [1.165, 1.54) is 19.9 Å². The minimum Gasteiger partial charge on any atom is -0.507 e. The van der Waals surface area contributed by atoms with Gasteiger partial charge in [0.15, 0.2) is 0 Å². The quantitative estimate of drug-likeness (QED) is 0.148. The number of unbranched alkanes of at least 4 members (excludes halogenated alkanes) is 4. The van der Waals surface area contributed by atoms with Crippen molar-refractivity contribution in [3.8, 4) is 11.5 Å². The van der Waals surface area contributed by atoms with Crippen LogP contribution in [0.5, 0.6) is 11.5 Å². The van der Waals surface area contributed by atoms with Gasteiger partial charge in [0.2, 0.25) is 0 Å². The van der Waals surface area contributed by atoms with Gasteiger partial charge in [0.25, 0.3) is 0 Å². The maximum absolute atomic E-state index is 12.7. The molecule has 1 aromatic carbocycles. The number of carbonyl (C=O) groups excluding carboxylic acids is 2. The van der Waals surface area contributed by atoms with E-state index in [0.29, 0.717) is 24.0 Å². The third-order valence-electron chi connectivity index (χ3n) is 11.3. The van der Waals surface area contributed by atoms with Gasteiger partial charge in [0, 0.05) is 38.9 Å². The number of esters is 2. The highest BCUT2D eigenvalue weighted by molar-refractivity contribution is 5.95. The first-order valence-electron chi connectivity index (χ1n) is 17.3. The van der Waals surface area contributed by atoms with Crippen LogP contribution in [0.1, 0.15) is 120 Å². The molecule has 0 bridgehead atoms. The fourth-order valence-corrected chi connectivity index (χ4v) is 8.88. The maximum atomic E-state index is 12.7. The second kappa shape index (κ2) is 13.6. The largest absolute Gasteiger partial charge is 0.507 e. The molecule has 11 nitrogen and oxygen atoms in total. The number of carboxylic acids is 1. The average Bonchev–Trinajstić information content (AvgIpc) is 3.01. The zero-order valence-corrected chi connectivity index (χ0v) is 29.3. The predicted molar refractivity (Wildman–Crippen MR) is 175 cm³/mol. The van der Waals surface area contributed by atoms with Crippen LogP contribution < -0.4 is 4.74 Å². The molecule has 2 aliphatic carbocycles. The van der Waals surface area contributed by atoms with Crippen molar-refractivity contribution < 1.29 is 53.4 Å². The minimum absolute atomic E-state index is 0.0128. The predicted octanol–water partition coefficient (Wildman–Crippen LogP) is 5.82. The molecule has 2 heterocycles. The van der Waals surface area contributed by atoms with Crippen molar-refractivity contribution in [2.24, 2.45) is 17.3 Å². The number of methoxy groups -OCH3 is 1. The summed E-state index contributed by atoms with van der Waals surface area (Å²) in [4.78, 5) is 37.3. The minimum atomic E-state index is -1.60. The normalized spacial score (nSPS) is 34.2. The molecule has 0 saturated heterocycles. The second-order valence-corrected chi connectivity index (χ2v) is 15.0. The molecule has 1 saturated carbocycles. The number of aromatic hydroxyl groups is 1. The van der Waals surface area contributed by atoms with Crippen LogP contribution in [0.15, 0.2) is 17.7 Å². The second-order valence-electron chi connectivity index (χ2n) is 15.0. The summed E-state index contributed by atoms with van der Waals surface area (Å²) in [6.07, 6.45) is 6.30. The highest BCUT2D eigenvalue weighted by atomic mass is 16.6. The van der Waals surface area contributed by atoms with Gasteiger partial charge in [-0.3, -0.25) is 9.59 Å². The van der Waals surface area contributed by atoms with Gasteiger partial charge in [-0.05, 0) is 48.8 Å². The lowest BCUT2D eigenvalue weighted by molar-refractivity contribution is -0.262. The molecule has 8 atom stereocenters. The van der Waals surface area contributed by atoms with E-state index < -0.39 is 70.4 Å². The van der Waals surface area contributed by atoms with Gasteiger partial charge in [-0.1, -0.05) is 59.0 Å². The van der Waals surface area contributed by atoms with Crippen LogP contribution in [0.25, 0.3) is 0 Å². The highest BCUT2D eigenvalue weighted by Gasteiger charge is 2.68. The van der Waals surface area contributed by atoms with Crippen LogP contribution in [-0.4, -0.2) is 76.5 Å². The molecule has 5 rings (SSSR count). The van der Waals surface area contributed by atoms with E-state index in [1.54, 1.807) is 14.0 Å². The Hall–Kier alpha value is -3.15. The Morgan fingerprint density at radius 3 is 2.35 bits per heavy atom. The van der Waals surface area contributed by atoms with E-state index in [0.717, 1.165) is 44.1 Å². The SMILES string of the molecule is CCCCCCC[C@@H]1Cc2cc(O)c(C(=O)O)c3c2[C@H](O1)[C@H]1[C@@H](OC)/C=C(/COC(C)=O)[C@H]2CC(C)(C)[C@]2(O)[C@@H](OC(C)=O)C[C@]1(C)O3. The van der Waals surface area contributed by atoms with Gasteiger partial charge < -0.3 is 39.0 Å². The van der Waals surface area contributed by atoms with E-state index in [4.69, 9.17) is 23.7 Å². The molecular weight excluding hydrogens is 620 g/mol. The average molecular weight is 673 g/mol. The monoisotopic (exact) mass is 672 g/mol. The summed E-state index contributed by atoms with van der Waals surface area (Å²) in [5.74, 6) is -3.98. The number of benzene rings is 1. The first-order chi connectivity index (χ1) is 22.6. The fraction of sp³-hybridized carbons (Fsp3) is 0.703. The fourth-order valence-electron chi connectivity index (χ4n) is 8.88. The number of aliphatic hydroxyl groups is 1. The van der Waals surface area contributed by atoms with Crippen molar-refractivity contribution in [1.82, 2.24) is 0 Å². The lowest BCUT2D eigenvalue weighted by Crippen LogP contribution is -2.70. The third kappa shape index (κ3) is 6.33. The van der Waals surface area contributed by atoms with Crippen LogP contribution >= 0.6 is 0 Å². The molecule has 0 amide bonds. The third-order valence-corrected chi connectivity index (χ3v) is 11.3. The molecule has 3 N–H and O–H groups in total. The summed E-state index contributed by atoms with van der Waals surface area (Å²) < 4.78 is 31.4. The molecule has 4 aliphatic rings. The smallest absolute Gasteiger partial charge is 0.343 e. The lowest BCUT2D eigenvalue weighted by atomic mass is 9.47. The number of aromatic carboxylic acids is 1. The molecular formula is C37H52O11. The first-order valence-corrected chi connectivity index (χ1v) is 17.3. The van der Waals surface area contributed by atoms with Crippen molar-refractivity contribution in [3.63, 3.8) is 0 Å². The number of carboxylic acid groups (broad SMARTS) is 1. The van der Waals surface area contributed by atoms with Gasteiger partial charge in [-0.15, -0.1) is 0 Å². The van der Waals surface area contributed by atoms with Crippen molar-refractivity contribution in [2.75, 3.05) is 13.7 Å². The van der Waals surface area contributed by atoms with Crippen molar-refractivity contribution in [2.45, 2.75) is 135 Å². The summed E-state index contributed by atoms with van der Waals surface area (Å²) in [6.45, 7) is 10.3. The van der Waals surface area contributed by atoms with Crippen molar-refractivity contribution in [3.05, 3.63) is 34.4 Å². The molecule has 0 spiro atoms. The number of hydrogen-bond donors (Lipinski definition) is 3. The molecule has 266 valence electrons. The van der Waals surface area contributed by atoms with Crippen molar-refractivity contribution in [1.29, 1.82) is 0 Å². The van der Waals surface area contributed by atoms with Crippen LogP contribution in [0.4, 0.5) is 0 Å². The number of carbonyl (C=O) groups is 3. The van der Waals surface area contributed by atoms with Gasteiger partial charge >= 0.3 is 17.9 Å². The van der Waals surface area contributed by atoms with Gasteiger partial charge in [0.1, 0.15) is 41.0 Å². The van der Waals surface area contributed by atoms with E-state index in [-0.39, 0.29) is 30.4 Å². The standard InChI is InChI=1S/C37H52O11/c1-8-9-10-11-12-13-24-14-22-15-26(40)30(34(41)42)32-29(22)33(47-24)31-27(44-7)16-23(19-45-20(2)38)25-17-35(4,5)37(25,43)28(46-21(3)39)18-36(31,6)48-32/h15-16,24-25,27-28,31,33,40,43H,8-14,17-19H2,1-7H3,(H,41,42)/b23-16-/t24-,25-,27+,28+,31-,33+,36+,37-/m1/s1.